The Morgan fingerprint density at radius 2 is 1.87 bits per heavy atom. The standard InChI is InChI=1S/C17H17N5O/c1-20-17(23)21-12-10-15(13-7-3-2-4-8-13)22(21)16(19-20)14-9-5-6-11-18-14/h2-9,11,15H,10,12H2,1H3. The second kappa shape index (κ2) is 5.39. The summed E-state index contributed by atoms with van der Waals surface area (Å²) in [6, 6.07) is 15.9. The van der Waals surface area contributed by atoms with E-state index in [1.54, 1.807) is 18.3 Å². The molecule has 6 heteroatoms. The highest BCUT2D eigenvalue weighted by Gasteiger charge is 2.43. The molecular formula is C17H17N5O. The number of carbonyl (C=O) groups excluding carboxylic acids is 1. The lowest BCUT2D eigenvalue weighted by atomic mass is 10.0. The van der Waals surface area contributed by atoms with E-state index in [4.69, 9.17) is 0 Å². The van der Waals surface area contributed by atoms with Gasteiger partial charge in [-0.3, -0.25) is 9.99 Å². The summed E-state index contributed by atoms with van der Waals surface area (Å²) in [6.07, 6.45) is 2.61. The molecule has 1 unspecified atom stereocenters. The lowest BCUT2D eigenvalue weighted by Gasteiger charge is -2.39. The van der Waals surface area contributed by atoms with Gasteiger partial charge in [-0.2, -0.15) is 0 Å². The molecule has 6 nitrogen and oxygen atoms in total. The fraction of sp³-hybridized carbons (Fsp3) is 0.235. The summed E-state index contributed by atoms with van der Waals surface area (Å²) < 4.78 is 0. The van der Waals surface area contributed by atoms with E-state index < -0.39 is 0 Å². The van der Waals surface area contributed by atoms with Crippen molar-refractivity contribution in [3.8, 4) is 0 Å². The first-order valence-corrected chi connectivity index (χ1v) is 7.65. The fourth-order valence-electron chi connectivity index (χ4n) is 3.14. The zero-order valence-corrected chi connectivity index (χ0v) is 12.8. The third-order valence-electron chi connectivity index (χ3n) is 4.21. The summed E-state index contributed by atoms with van der Waals surface area (Å²) in [5.74, 6) is 0.707. The number of benzene rings is 1. The molecule has 1 saturated heterocycles. The van der Waals surface area contributed by atoms with Gasteiger partial charge in [0.2, 0.25) is 0 Å². The summed E-state index contributed by atoms with van der Waals surface area (Å²) >= 11 is 0. The molecule has 0 radical (unpaired) electrons. The Morgan fingerprint density at radius 3 is 2.61 bits per heavy atom. The molecule has 0 spiro atoms. The van der Waals surface area contributed by atoms with Crippen molar-refractivity contribution in [2.75, 3.05) is 13.6 Å². The Balaban J connectivity index is 1.80. The Kier molecular flexibility index (Phi) is 3.22. The van der Waals surface area contributed by atoms with Crippen LogP contribution < -0.4 is 0 Å². The molecule has 0 N–H and O–H groups in total. The van der Waals surface area contributed by atoms with Crippen LogP contribution >= 0.6 is 0 Å². The normalized spacial score (nSPS) is 20.6. The molecule has 2 aromatic rings. The summed E-state index contributed by atoms with van der Waals surface area (Å²) in [7, 11) is 1.68. The monoisotopic (exact) mass is 307 g/mol. The molecule has 2 aliphatic heterocycles. The van der Waals surface area contributed by atoms with Crippen molar-refractivity contribution >= 4 is 11.9 Å². The van der Waals surface area contributed by atoms with Gasteiger partial charge in [-0.05, 0) is 24.1 Å². The summed E-state index contributed by atoms with van der Waals surface area (Å²) in [4.78, 5) is 16.9. The van der Waals surface area contributed by atoms with Gasteiger partial charge in [0, 0.05) is 19.8 Å². The van der Waals surface area contributed by atoms with Crippen LogP contribution in [0.4, 0.5) is 4.79 Å². The van der Waals surface area contributed by atoms with Crippen molar-refractivity contribution in [2.45, 2.75) is 12.5 Å². The number of fused-ring (bicyclic) bond motifs is 1. The van der Waals surface area contributed by atoms with Gasteiger partial charge in [-0.25, -0.2) is 14.8 Å². The van der Waals surface area contributed by atoms with E-state index in [1.165, 1.54) is 10.6 Å². The Bertz CT molecular complexity index is 746. The number of aromatic nitrogens is 1. The quantitative estimate of drug-likeness (QED) is 0.856. The first-order chi connectivity index (χ1) is 11.3. The van der Waals surface area contributed by atoms with E-state index in [9.17, 15) is 4.79 Å². The van der Waals surface area contributed by atoms with E-state index in [0.717, 1.165) is 12.1 Å². The molecule has 1 aromatic heterocycles. The number of urea groups is 1. The van der Waals surface area contributed by atoms with E-state index in [2.05, 4.69) is 22.2 Å². The van der Waals surface area contributed by atoms with E-state index in [0.29, 0.717) is 12.4 Å². The van der Waals surface area contributed by atoms with Crippen LogP contribution in [0.2, 0.25) is 0 Å². The average Bonchev–Trinajstić information content (AvgIpc) is 3.05. The molecule has 2 aliphatic rings. The number of rotatable bonds is 2. The van der Waals surface area contributed by atoms with Gasteiger partial charge in [0.05, 0.1) is 6.04 Å². The molecule has 2 amide bonds. The minimum atomic E-state index is -0.108. The van der Waals surface area contributed by atoms with E-state index in [1.807, 2.05) is 41.4 Å². The van der Waals surface area contributed by atoms with Gasteiger partial charge in [-0.1, -0.05) is 36.4 Å². The summed E-state index contributed by atoms with van der Waals surface area (Å²) in [6.45, 7) is 0.675. The van der Waals surface area contributed by atoms with Crippen molar-refractivity contribution in [2.24, 2.45) is 5.10 Å². The van der Waals surface area contributed by atoms with Crippen LogP contribution in [0.5, 0.6) is 0 Å². The van der Waals surface area contributed by atoms with Crippen LogP contribution in [-0.4, -0.2) is 45.5 Å². The number of nitrogens with zero attached hydrogens (tertiary/aromatic N) is 5. The number of hydrazine groups is 1. The molecule has 1 fully saturated rings. The molecule has 1 aromatic carbocycles. The highest BCUT2D eigenvalue weighted by Crippen LogP contribution is 2.36. The molecule has 1 atom stereocenters. The summed E-state index contributed by atoms with van der Waals surface area (Å²) in [5, 5.41) is 9.60. The Hall–Kier alpha value is -2.89. The maximum absolute atomic E-state index is 12.4. The number of hydrazone groups is 1. The SMILES string of the molecule is CN1N=C(c2ccccn2)N2C(c3ccccc3)CCN2C1=O. The predicted octanol–water partition coefficient (Wildman–Crippen LogP) is 2.47. The Labute approximate surface area is 134 Å². The van der Waals surface area contributed by atoms with Gasteiger partial charge < -0.3 is 0 Å². The molecule has 116 valence electrons. The minimum absolute atomic E-state index is 0.0922. The topological polar surface area (TPSA) is 52.0 Å². The third-order valence-corrected chi connectivity index (χ3v) is 4.21. The predicted molar refractivity (Wildman–Crippen MR) is 86.3 cm³/mol. The maximum Gasteiger partial charge on any atom is 0.359 e. The molecular weight excluding hydrogens is 290 g/mol. The van der Waals surface area contributed by atoms with Crippen molar-refractivity contribution in [1.82, 2.24) is 20.0 Å². The first-order valence-electron chi connectivity index (χ1n) is 7.65. The van der Waals surface area contributed by atoms with Crippen LogP contribution in [0.15, 0.2) is 59.8 Å². The maximum atomic E-state index is 12.4. The van der Waals surface area contributed by atoms with Gasteiger partial charge in [-0.15, -0.1) is 5.10 Å². The number of carbonyl (C=O) groups is 1. The second-order valence-electron chi connectivity index (χ2n) is 5.63. The summed E-state index contributed by atoms with van der Waals surface area (Å²) in [5.41, 5.74) is 1.94. The highest BCUT2D eigenvalue weighted by atomic mass is 16.2. The van der Waals surface area contributed by atoms with Gasteiger partial charge in [0.25, 0.3) is 0 Å². The molecule has 0 aliphatic carbocycles. The lowest BCUT2D eigenvalue weighted by molar-refractivity contribution is 0.0641. The smallest absolute Gasteiger partial charge is 0.253 e. The van der Waals surface area contributed by atoms with Crippen LogP contribution in [0.25, 0.3) is 0 Å². The first kappa shape index (κ1) is 13.8. The highest BCUT2D eigenvalue weighted by molar-refractivity contribution is 6.00. The fourth-order valence-corrected chi connectivity index (χ4v) is 3.14. The second-order valence-corrected chi connectivity index (χ2v) is 5.63. The van der Waals surface area contributed by atoms with Crippen molar-refractivity contribution < 1.29 is 4.79 Å². The molecule has 0 bridgehead atoms. The van der Waals surface area contributed by atoms with E-state index in [-0.39, 0.29) is 12.1 Å². The Morgan fingerprint density at radius 1 is 1.09 bits per heavy atom. The number of amides is 2. The molecule has 23 heavy (non-hydrogen) atoms. The van der Waals surface area contributed by atoms with Crippen LogP contribution in [0.1, 0.15) is 23.7 Å². The number of amidine groups is 1. The number of hydrogen-bond donors (Lipinski definition) is 0. The van der Waals surface area contributed by atoms with Crippen LogP contribution in [0.3, 0.4) is 0 Å². The zero-order chi connectivity index (χ0) is 15.8. The molecule has 0 saturated carbocycles. The zero-order valence-electron chi connectivity index (χ0n) is 12.8. The number of pyridine rings is 1. The van der Waals surface area contributed by atoms with Crippen molar-refractivity contribution in [3.05, 3.63) is 66.0 Å². The number of hydrogen-bond acceptors (Lipinski definition) is 4. The largest absolute Gasteiger partial charge is 0.359 e. The van der Waals surface area contributed by atoms with Gasteiger partial charge >= 0.3 is 6.03 Å². The molecule has 3 heterocycles. The van der Waals surface area contributed by atoms with Crippen LogP contribution in [0, 0.1) is 0 Å². The minimum Gasteiger partial charge on any atom is -0.253 e. The van der Waals surface area contributed by atoms with E-state index >= 15 is 0 Å². The third kappa shape index (κ3) is 2.23. The van der Waals surface area contributed by atoms with Gasteiger partial charge in [0.15, 0.2) is 5.84 Å². The van der Waals surface area contributed by atoms with Crippen LogP contribution in [-0.2, 0) is 0 Å². The lowest BCUT2D eigenvalue weighted by Crippen LogP contribution is -2.54. The van der Waals surface area contributed by atoms with Crippen molar-refractivity contribution in [1.29, 1.82) is 0 Å². The van der Waals surface area contributed by atoms with Gasteiger partial charge in [0.1, 0.15) is 5.69 Å². The van der Waals surface area contributed by atoms with Crippen molar-refractivity contribution in [3.63, 3.8) is 0 Å². The molecule has 4 rings (SSSR count). The average molecular weight is 307 g/mol.